The molecule has 20 nitrogen and oxygen atoms in total. The van der Waals surface area contributed by atoms with Gasteiger partial charge in [0.2, 0.25) is 0 Å². The smallest absolute Gasteiger partial charge is 0.343 e. The molecular weight excluding hydrogens is 696 g/mol. The summed E-state index contributed by atoms with van der Waals surface area (Å²) in [5.74, 6) is -0.813. The third-order valence-electron chi connectivity index (χ3n) is 8.44. The molecule has 0 aliphatic rings. The van der Waals surface area contributed by atoms with Crippen molar-refractivity contribution in [2.75, 3.05) is 20.0 Å². The van der Waals surface area contributed by atoms with Crippen molar-refractivity contribution >= 4 is 40.8 Å². The predicted molar refractivity (Wildman–Crippen MR) is 192 cm³/mol. The van der Waals surface area contributed by atoms with Crippen LogP contribution in [-0.2, 0) is 36.4 Å². The van der Waals surface area contributed by atoms with E-state index in [0.29, 0.717) is 35.5 Å². The van der Waals surface area contributed by atoms with Gasteiger partial charge in [-0.05, 0) is 38.2 Å². The van der Waals surface area contributed by atoms with Crippen LogP contribution in [0.1, 0.15) is 88.3 Å². The van der Waals surface area contributed by atoms with Gasteiger partial charge in [-0.15, -0.1) is 20.5 Å². The number of esters is 2. The Morgan fingerprint density at radius 3 is 1.89 bits per heavy atom. The Morgan fingerprint density at radius 1 is 0.815 bits per heavy atom. The molecule has 0 unspecified atom stereocenters. The van der Waals surface area contributed by atoms with Crippen LogP contribution in [0.4, 0.5) is 28.8 Å². The molecule has 0 saturated heterocycles. The van der Waals surface area contributed by atoms with Gasteiger partial charge in [0.15, 0.2) is 34.8 Å². The Hall–Kier alpha value is -7.09. The lowest BCUT2D eigenvalue weighted by Gasteiger charge is -2.13. The fourth-order valence-corrected chi connectivity index (χ4v) is 5.43. The van der Waals surface area contributed by atoms with Crippen molar-refractivity contribution in [3.8, 4) is 23.8 Å². The fourth-order valence-electron chi connectivity index (χ4n) is 5.43. The normalized spacial score (nSPS) is 11.4. The largest absolute Gasteiger partial charge is 0.465 e. The first kappa shape index (κ1) is 38.1. The van der Waals surface area contributed by atoms with Crippen LogP contribution in [0, 0.1) is 29.6 Å². The third kappa shape index (κ3) is 7.30. The summed E-state index contributed by atoms with van der Waals surface area (Å²) in [5, 5.41) is 55.8. The maximum atomic E-state index is 12.3. The molecule has 0 fully saturated rings. The summed E-state index contributed by atoms with van der Waals surface area (Å²) in [5.41, 5.74) is 8.99. The van der Waals surface area contributed by atoms with Gasteiger partial charge in [-0.2, -0.15) is 35.6 Å². The number of ether oxygens (including phenoxy) is 2. The summed E-state index contributed by atoms with van der Waals surface area (Å²) in [7, 11) is 5.73. The maximum absolute atomic E-state index is 12.3. The number of unbranched alkanes of at least 4 members (excludes halogenated alkanes) is 2. The second-order valence-electron chi connectivity index (χ2n) is 12.0. The minimum atomic E-state index is -0.639. The van der Waals surface area contributed by atoms with E-state index in [0.717, 1.165) is 25.7 Å². The summed E-state index contributed by atoms with van der Waals surface area (Å²) in [6.07, 6.45) is 8.42. The van der Waals surface area contributed by atoms with E-state index in [4.69, 9.17) is 30.4 Å². The van der Waals surface area contributed by atoms with E-state index in [2.05, 4.69) is 42.8 Å². The van der Waals surface area contributed by atoms with Crippen LogP contribution in [0.3, 0.4) is 0 Å². The number of methoxy groups -OCH3 is 2. The number of rotatable bonds is 14. The van der Waals surface area contributed by atoms with E-state index in [1.54, 1.807) is 27.2 Å². The maximum Gasteiger partial charge on any atom is 0.343 e. The minimum Gasteiger partial charge on any atom is -0.465 e. The van der Waals surface area contributed by atoms with Gasteiger partial charge in [0.05, 0.1) is 44.2 Å². The molecule has 20 heteroatoms. The number of carbonyl (C=O) groups is 2. The monoisotopic (exact) mass is 734 g/mol. The first-order valence-electron chi connectivity index (χ1n) is 16.9. The number of nitrogens with zero attached hydrogens (tertiary/aromatic N) is 15. The number of pyridine rings is 1. The zero-order valence-electron chi connectivity index (χ0n) is 30.9. The standard InChI is InChI=1S/C34H38N16O4/c1-8-10-12-24-26(41-43-31-22(33(51)53-6)16-38-47(31)4)18-49(45-24)29-20(14-35)19(3)21(15-36)30(40-29)50-28(37)27(25(46-50)13-11-9-2)42-44-32-23(34(52)54-7)17-39-48(32)5/h16-18H,8-13,37H2,1-7H3. The number of carbonyl (C=O) groups excluding carboxylic acids is 2. The number of aryl methyl sites for hydroxylation is 4. The molecule has 54 heavy (non-hydrogen) atoms. The molecular formula is C34H38N16O4. The average Bonchev–Trinajstić information content (AvgIpc) is 3.94. The SMILES string of the molecule is CCCCc1nn(-c2nc(-n3nc(CCCC)c(N=Nc4c(C(=O)OC)cnn4C)c3N)c(C#N)c(C)c2C#N)cc1N=Nc1c(C(=O)OC)cnn1C. The number of nitriles is 2. The summed E-state index contributed by atoms with van der Waals surface area (Å²) >= 11 is 0. The highest BCUT2D eigenvalue weighted by Crippen LogP contribution is 2.35. The Balaban J connectivity index is 1.68. The van der Waals surface area contributed by atoms with Gasteiger partial charge in [0.25, 0.3) is 0 Å². The minimum absolute atomic E-state index is 0.0156. The first-order chi connectivity index (χ1) is 26.0. The fraction of sp³-hybridized carbons (Fsp3) is 0.382. The summed E-state index contributed by atoms with van der Waals surface area (Å²) in [4.78, 5) is 29.4. The van der Waals surface area contributed by atoms with Crippen LogP contribution in [0.25, 0.3) is 11.6 Å². The molecule has 0 bridgehead atoms. The van der Waals surface area contributed by atoms with Gasteiger partial charge in [-0.25, -0.2) is 28.6 Å². The van der Waals surface area contributed by atoms with Crippen LogP contribution in [-0.4, -0.2) is 70.3 Å². The Labute approximate surface area is 309 Å². The molecule has 0 aliphatic carbocycles. The van der Waals surface area contributed by atoms with Crippen molar-refractivity contribution in [1.29, 1.82) is 10.5 Å². The topological polar surface area (TPSA) is 260 Å². The second-order valence-corrected chi connectivity index (χ2v) is 12.0. The van der Waals surface area contributed by atoms with E-state index in [1.807, 2.05) is 13.8 Å². The van der Waals surface area contributed by atoms with Crippen molar-refractivity contribution < 1.29 is 19.1 Å². The molecule has 0 aliphatic heterocycles. The van der Waals surface area contributed by atoms with Gasteiger partial charge < -0.3 is 15.2 Å². The molecule has 5 rings (SSSR count). The zero-order chi connectivity index (χ0) is 39.1. The number of nitrogens with two attached hydrogens (primary N) is 1. The number of aromatic nitrogens is 9. The molecule has 0 radical (unpaired) electrons. The highest BCUT2D eigenvalue weighted by atomic mass is 16.5. The van der Waals surface area contributed by atoms with Crippen molar-refractivity contribution in [2.45, 2.75) is 59.3 Å². The van der Waals surface area contributed by atoms with Crippen LogP contribution in [0.5, 0.6) is 0 Å². The molecule has 0 amide bonds. The van der Waals surface area contributed by atoms with Crippen LogP contribution < -0.4 is 5.73 Å². The van der Waals surface area contributed by atoms with Gasteiger partial charge in [-0.1, -0.05) is 26.7 Å². The third-order valence-corrected chi connectivity index (χ3v) is 8.44. The molecule has 0 atom stereocenters. The molecule has 5 aromatic heterocycles. The van der Waals surface area contributed by atoms with Gasteiger partial charge in [0, 0.05) is 14.1 Å². The van der Waals surface area contributed by atoms with E-state index in [-0.39, 0.29) is 57.0 Å². The molecule has 278 valence electrons. The molecule has 0 saturated carbocycles. The zero-order valence-corrected chi connectivity index (χ0v) is 30.9. The molecule has 5 aromatic rings. The van der Waals surface area contributed by atoms with Crippen molar-refractivity contribution in [3.05, 3.63) is 57.8 Å². The Kier molecular flexibility index (Phi) is 11.7. The van der Waals surface area contributed by atoms with Crippen LogP contribution in [0.15, 0.2) is 39.0 Å². The summed E-state index contributed by atoms with van der Waals surface area (Å²) < 4.78 is 15.2. The van der Waals surface area contributed by atoms with Crippen LogP contribution in [0.2, 0.25) is 0 Å². The van der Waals surface area contributed by atoms with E-state index >= 15 is 0 Å². The lowest BCUT2D eigenvalue weighted by Crippen LogP contribution is -2.13. The quantitative estimate of drug-likeness (QED) is 0.107. The second kappa shape index (κ2) is 16.5. The highest BCUT2D eigenvalue weighted by molar-refractivity contribution is 5.94. The average molecular weight is 735 g/mol. The van der Waals surface area contributed by atoms with Gasteiger partial charge in [-0.3, -0.25) is 0 Å². The predicted octanol–water partition coefficient (Wildman–Crippen LogP) is 5.64. The molecule has 2 N–H and O–H groups in total. The van der Waals surface area contributed by atoms with Gasteiger partial charge in [0.1, 0.15) is 40.1 Å². The Bertz CT molecular complexity index is 2360. The molecule has 5 heterocycles. The van der Waals surface area contributed by atoms with Gasteiger partial charge >= 0.3 is 11.9 Å². The molecule has 0 spiro atoms. The number of azo groups is 2. The van der Waals surface area contributed by atoms with E-state index < -0.39 is 11.9 Å². The first-order valence-corrected chi connectivity index (χ1v) is 16.9. The van der Waals surface area contributed by atoms with E-state index in [1.165, 1.54) is 45.3 Å². The highest BCUT2D eigenvalue weighted by Gasteiger charge is 2.26. The number of hydrogen-bond acceptors (Lipinski definition) is 16. The van der Waals surface area contributed by atoms with Crippen LogP contribution >= 0.6 is 0 Å². The van der Waals surface area contributed by atoms with Crippen molar-refractivity contribution in [1.82, 2.24) is 44.1 Å². The van der Waals surface area contributed by atoms with Crippen molar-refractivity contribution in [2.24, 2.45) is 34.6 Å². The summed E-state index contributed by atoms with van der Waals surface area (Å²) in [6.45, 7) is 5.68. The summed E-state index contributed by atoms with van der Waals surface area (Å²) in [6, 6.07) is 4.32. The van der Waals surface area contributed by atoms with E-state index in [9.17, 15) is 20.1 Å². The lowest BCUT2D eigenvalue weighted by molar-refractivity contribution is 0.0592. The van der Waals surface area contributed by atoms with Crippen molar-refractivity contribution in [3.63, 3.8) is 0 Å². The lowest BCUT2D eigenvalue weighted by atomic mass is 10.1. The Morgan fingerprint density at radius 2 is 1.35 bits per heavy atom. The molecule has 0 aromatic carbocycles. The number of nitrogen functional groups attached to an aromatic ring is 1. The number of anilines is 1. The number of hydrogen-bond donors (Lipinski definition) is 1.